The maximum atomic E-state index is 4.03. The molecule has 0 aliphatic heterocycles. The van der Waals surface area contributed by atoms with Gasteiger partial charge in [-0.1, -0.05) is 23.3 Å². The summed E-state index contributed by atoms with van der Waals surface area (Å²) in [6.45, 7) is 0. The molecule has 3 aromatic rings. The average Bonchev–Trinajstić information content (AvgIpc) is 2.99. The van der Waals surface area contributed by atoms with Crippen LogP contribution < -0.4 is 5.43 Å². The second-order valence-corrected chi connectivity index (χ2v) is 3.40. The van der Waals surface area contributed by atoms with Crippen molar-refractivity contribution < 1.29 is 0 Å². The Morgan fingerprint density at radius 3 is 3.12 bits per heavy atom. The second-order valence-electron chi connectivity index (χ2n) is 3.40. The SMILES string of the molecule is C(=N/Nc1nn[nH]n1)/c1c[nH]c2ccccc12. The van der Waals surface area contributed by atoms with Gasteiger partial charge in [0.1, 0.15) is 0 Å². The Labute approximate surface area is 95.9 Å². The van der Waals surface area contributed by atoms with Crippen LogP contribution in [-0.4, -0.2) is 31.8 Å². The lowest BCUT2D eigenvalue weighted by Gasteiger charge is -1.91. The summed E-state index contributed by atoms with van der Waals surface area (Å²) in [4.78, 5) is 3.16. The first-order chi connectivity index (χ1) is 8.43. The number of tetrazole rings is 1. The van der Waals surface area contributed by atoms with Gasteiger partial charge in [-0.3, -0.25) is 0 Å². The molecule has 0 unspecified atom stereocenters. The summed E-state index contributed by atoms with van der Waals surface area (Å²) in [5, 5.41) is 18.3. The lowest BCUT2D eigenvalue weighted by Crippen LogP contribution is -1.92. The Balaban J connectivity index is 1.83. The predicted octanol–water partition coefficient (Wildman–Crippen LogP) is 1.13. The van der Waals surface area contributed by atoms with Gasteiger partial charge in [-0.25, -0.2) is 5.43 Å². The highest BCUT2D eigenvalue weighted by atomic mass is 15.5. The second kappa shape index (κ2) is 4.05. The average molecular weight is 227 g/mol. The minimum absolute atomic E-state index is 0.334. The zero-order chi connectivity index (χ0) is 11.5. The maximum absolute atomic E-state index is 4.03. The molecule has 84 valence electrons. The van der Waals surface area contributed by atoms with Crippen LogP contribution in [0.15, 0.2) is 35.6 Å². The molecule has 0 amide bonds. The molecular formula is C10H9N7. The molecule has 3 rings (SSSR count). The van der Waals surface area contributed by atoms with E-state index in [1.165, 1.54) is 0 Å². The number of hydrazone groups is 1. The van der Waals surface area contributed by atoms with E-state index < -0.39 is 0 Å². The first kappa shape index (κ1) is 9.52. The summed E-state index contributed by atoms with van der Waals surface area (Å²) in [5.41, 5.74) is 4.74. The predicted molar refractivity (Wildman–Crippen MR) is 63.7 cm³/mol. The quantitative estimate of drug-likeness (QED) is 0.461. The standard InChI is InChI=1S/C10H9N7/c1-2-4-9-8(3-1)7(5-11-9)6-12-13-10-14-16-17-15-10/h1-6,11H,(H2,13,14,15,16,17)/b12-6-. The number of nitrogens with one attached hydrogen (secondary N) is 3. The molecule has 17 heavy (non-hydrogen) atoms. The summed E-state index contributed by atoms with van der Waals surface area (Å²) in [6.07, 6.45) is 3.60. The van der Waals surface area contributed by atoms with Crippen LogP contribution in [0.5, 0.6) is 0 Å². The number of nitrogens with zero attached hydrogens (tertiary/aromatic N) is 4. The molecule has 0 saturated carbocycles. The third-order valence-corrected chi connectivity index (χ3v) is 2.33. The van der Waals surface area contributed by atoms with E-state index in [9.17, 15) is 0 Å². The van der Waals surface area contributed by atoms with Crippen LogP contribution in [0.25, 0.3) is 10.9 Å². The van der Waals surface area contributed by atoms with Gasteiger partial charge in [0.15, 0.2) is 0 Å². The summed E-state index contributed by atoms with van der Waals surface area (Å²) < 4.78 is 0. The highest BCUT2D eigenvalue weighted by Crippen LogP contribution is 2.15. The minimum Gasteiger partial charge on any atom is -0.361 e. The Morgan fingerprint density at radius 2 is 2.24 bits per heavy atom. The third-order valence-electron chi connectivity index (χ3n) is 2.33. The van der Waals surface area contributed by atoms with Crippen molar-refractivity contribution in [2.24, 2.45) is 5.10 Å². The Hall–Kier alpha value is -2.70. The fourth-order valence-electron chi connectivity index (χ4n) is 1.57. The normalized spacial score (nSPS) is 11.3. The Kier molecular flexibility index (Phi) is 2.27. The number of hydrogen-bond acceptors (Lipinski definition) is 5. The van der Waals surface area contributed by atoms with Crippen molar-refractivity contribution in [3.63, 3.8) is 0 Å². The summed E-state index contributed by atoms with van der Waals surface area (Å²) in [7, 11) is 0. The summed E-state index contributed by atoms with van der Waals surface area (Å²) >= 11 is 0. The highest BCUT2D eigenvalue weighted by molar-refractivity contribution is 5.99. The molecule has 0 saturated heterocycles. The van der Waals surface area contributed by atoms with Crippen molar-refractivity contribution >= 4 is 23.1 Å². The lowest BCUT2D eigenvalue weighted by atomic mass is 10.2. The van der Waals surface area contributed by atoms with Crippen molar-refractivity contribution in [3.8, 4) is 0 Å². The van der Waals surface area contributed by atoms with Crippen molar-refractivity contribution in [2.45, 2.75) is 0 Å². The molecular weight excluding hydrogens is 218 g/mol. The summed E-state index contributed by atoms with van der Waals surface area (Å²) in [6, 6.07) is 8.01. The molecule has 0 aliphatic rings. The van der Waals surface area contributed by atoms with Crippen LogP contribution in [0.2, 0.25) is 0 Å². The van der Waals surface area contributed by atoms with Crippen molar-refractivity contribution in [3.05, 3.63) is 36.0 Å². The van der Waals surface area contributed by atoms with Crippen LogP contribution in [0, 0.1) is 0 Å². The van der Waals surface area contributed by atoms with Crippen LogP contribution in [0.4, 0.5) is 5.95 Å². The third kappa shape index (κ3) is 1.85. The van der Waals surface area contributed by atoms with E-state index >= 15 is 0 Å². The van der Waals surface area contributed by atoms with E-state index in [0.717, 1.165) is 16.5 Å². The van der Waals surface area contributed by atoms with E-state index in [0.29, 0.717) is 5.95 Å². The molecule has 2 heterocycles. The first-order valence-electron chi connectivity index (χ1n) is 5.02. The van der Waals surface area contributed by atoms with E-state index in [2.05, 4.69) is 36.1 Å². The van der Waals surface area contributed by atoms with Gasteiger partial charge >= 0.3 is 0 Å². The smallest absolute Gasteiger partial charge is 0.283 e. The lowest BCUT2D eigenvalue weighted by molar-refractivity contribution is 0.881. The van der Waals surface area contributed by atoms with Crippen molar-refractivity contribution in [1.82, 2.24) is 25.6 Å². The molecule has 0 aliphatic carbocycles. The van der Waals surface area contributed by atoms with E-state index in [-0.39, 0.29) is 0 Å². The molecule has 2 aromatic heterocycles. The van der Waals surface area contributed by atoms with Gasteiger partial charge in [0, 0.05) is 22.7 Å². The van der Waals surface area contributed by atoms with Crippen LogP contribution in [0.1, 0.15) is 5.56 Å². The molecule has 1 aromatic carbocycles. The molecule has 7 heteroatoms. The zero-order valence-corrected chi connectivity index (χ0v) is 8.75. The Bertz CT molecular complexity index is 638. The molecule has 0 radical (unpaired) electrons. The number of aromatic amines is 2. The van der Waals surface area contributed by atoms with Gasteiger partial charge < -0.3 is 4.98 Å². The molecule has 0 bridgehead atoms. The number of aromatic nitrogens is 5. The van der Waals surface area contributed by atoms with Crippen LogP contribution >= 0.6 is 0 Å². The number of hydrogen-bond donors (Lipinski definition) is 3. The topological polar surface area (TPSA) is 94.6 Å². The van der Waals surface area contributed by atoms with Gasteiger partial charge in [0.25, 0.3) is 5.95 Å². The van der Waals surface area contributed by atoms with E-state index in [4.69, 9.17) is 0 Å². The maximum Gasteiger partial charge on any atom is 0.283 e. The molecule has 0 spiro atoms. The van der Waals surface area contributed by atoms with E-state index in [1.54, 1.807) is 6.21 Å². The number of anilines is 1. The van der Waals surface area contributed by atoms with Crippen LogP contribution in [-0.2, 0) is 0 Å². The molecule has 0 fully saturated rings. The van der Waals surface area contributed by atoms with Gasteiger partial charge in [0.2, 0.25) is 0 Å². The van der Waals surface area contributed by atoms with Gasteiger partial charge in [-0.2, -0.15) is 10.3 Å². The number of para-hydroxylation sites is 1. The largest absolute Gasteiger partial charge is 0.361 e. The highest BCUT2D eigenvalue weighted by Gasteiger charge is 1.99. The van der Waals surface area contributed by atoms with Crippen LogP contribution in [0.3, 0.4) is 0 Å². The minimum atomic E-state index is 0.334. The number of fused-ring (bicyclic) bond motifs is 1. The molecule has 0 atom stereocenters. The van der Waals surface area contributed by atoms with Gasteiger partial charge in [-0.15, -0.1) is 5.10 Å². The van der Waals surface area contributed by atoms with Gasteiger partial charge in [0.05, 0.1) is 6.21 Å². The Morgan fingerprint density at radius 1 is 1.29 bits per heavy atom. The first-order valence-corrected chi connectivity index (χ1v) is 5.02. The molecule has 3 N–H and O–H groups in total. The summed E-state index contributed by atoms with van der Waals surface area (Å²) in [5.74, 6) is 0.334. The van der Waals surface area contributed by atoms with Crippen molar-refractivity contribution in [1.29, 1.82) is 0 Å². The number of H-pyrrole nitrogens is 2. The fraction of sp³-hybridized carbons (Fsp3) is 0. The van der Waals surface area contributed by atoms with Crippen molar-refractivity contribution in [2.75, 3.05) is 5.43 Å². The van der Waals surface area contributed by atoms with Gasteiger partial charge in [-0.05, 0) is 11.3 Å². The fourth-order valence-corrected chi connectivity index (χ4v) is 1.57. The molecule has 7 nitrogen and oxygen atoms in total. The number of rotatable bonds is 3. The van der Waals surface area contributed by atoms with E-state index in [1.807, 2.05) is 30.5 Å². The number of benzene rings is 1. The monoisotopic (exact) mass is 227 g/mol. The zero-order valence-electron chi connectivity index (χ0n) is 8.75.